The smallest absolute Gasteiger partial charge is 0.321 e. The number of rotatable bonds is 1. The van der Waals surface area contributed by atoms with Gasteiger partial charge in [0.15, 0.2) is 0 Å². The lowest BCUT2D eigenvalue weighted by atomic mass is 9.91. The van der Waals surface area contributed by atoms with Gasteiger partial charge in [0.05, 0.1) is 0 Å². The minimum atomic E-state index is -0.713. The van der Waals surface area contributed by atoms with E-state index < -0.39 is 5.97 Å². The highest BCUT2D eigenvalue weighted by Crippen LogP contribution is 2.42. The molecule has 0 aromatic heterocycles. The number of hydrogen-bond donors (Lipinski definition) is 2. The van der Waals surface area contributed by atoms with Crippen molar-refractivity contribution >= 4 is 5.97 Å². The number of carboxylic acid groups (broad SMARTS) is 1. The first kappa shape index (κ1) is 8.92. The molecule has 2 N–H and O–H groups in total. The molecule has 0 spiro atoms. The van der Waals surface area contributed by atoms with Gasteiger partial charge in [0.2, 0.25) is 0 Å². The number of aliphatic carboxylic acids is 1. The molecule has 1 saturated heterocycles. The summed E-state index contributed by atoms with van der Waals surface area (Å²) < 4.78 is 0. The first-order valence-corrected chi connectivity index (χ1v) is 5.31. The normalized spacial score (nSPS) is 32.4. The summed E-state index contributed by atoms with van der Waals surface area (Å²) in [6.45, 7) is 0.804. The maximum absolute atomic E-state index is 11.0. The maximum Gasteiger partial charge on any atom is 0.321 e. The predicted molar refractivity (Wildman–Crippen MR) is 55.8 cm³/mol. The zero-order valence-electron chi connectivity index (χ0n) is 8.31. The fourth-order valence-corrected chi connectivity index (χ4v) is 3.00. The number of carboxylic acids is 1. The molecule has 1 aromatic rings. The average molecular weight is 203 g/mol. The Labute approximate surface area is 88.1 Å². The minimum absolute atomic E-state index is 0.250. The third kappa shape index (κ3) is 1.20. The molecule has 3 heteroatoms. The zero-order chi connectivity index (χ0) is 10.4. The molecule has 3 rings (SSSR count). The molecule has 1 fully saturated rings. The van der Waals surface area contributed by atoms with Gasteiger partial charge in [-0.1, -0.05) is 24.3 Å². The van der Waals surface area contributed by atoms with Crippen LogP contribution in [0.3, 0.4) is 0 Å². The van der Waals surface area contributed by atoms with Crippen LogP contribution in [0.1, 0.15) is 17.0 Å². The van der Waals surface area contributed by atoms with Crippen molar-refractivity contribution in [1.29, 1.82) is 0 Å². The molecule has 2 aliphatic rings. The van der Waals surface area contributed by atoms with Gasteiger partial charge in [-0.2, -0.15) is 0 Å². The lowest BCUT2D eigenvalue weighted by Crippen LogP contribution is -2.35. The van der Waals surface area contributed by atoms with E-state index in [1.807, 2.05) is 12.1 Å². The highest BCUT2D eigenvalue weighted by molar-refractivity contribution is 5.75. The topological polar surface area (TPSA) is 49.3 Å². The van der Waals surface area contributed by atoms with Crippen LogP contribution in [-0.4, -0.2) is 23.7 Å². The molecular formula is C12H13NO2. The van der Waals surface area contributed by atoms with Crippen LogP contribution < -0.4 is 5.32 Å². The average Bonchev–Trinajstić information content (AvgIpc) is 2.74. The van der Waals surface area contributed by atoms with Gasteiger partial charge in [-0.3, -0.25) is 4.79 Å². The number of carbonyl (C=O) groups is 1. The van der Waals surface area contributed by atoms with Crippen LogP contribution >= 0.6 is 0 Å². The lowest BCUT2D eigenvalue weighted by Gasteiger charge is -2.12. The Hall–Kier alpha value is -1.35. The Morgan fingerprint density at radius 3 is 3.00 bits per heavy atom. The van der Waals surface area contributed by atoms with Crippen molar-refractivity contribution < 1.29 is 9.90 Å². The van der Waals surface area contributed by atoms with E-state index in [0.717, 1.165) is 13.0 Å². The molecule has 0 amide bonds. The molecule has 3 nitrogen and oxygen atoms in total. The highest BCUT2D eigenvalue weighted by atomic mass is 16.4. The second-order valence-corrected chi connectivity index (χ2v) is 4.40. The van der Waals surface area contributed by atoms with Gasteiger partial charge in [0, 0.05) is 12.5 Å². The predicted octanol–water partition coefficient (Wildman–Crippen LogP) is 0.999. The Kier molecular flexibility index (Phi) is 1.83. The van der Waals surface area contributed by atoms with Crippen LogP contribution in [0, 0.1) is 5.92 Å². The fourth-order valence-electron chi connectivity index (χ4n) is 3.00. The summed E-state index contributed by atoms with van der Waals surface area (Å²) in [6, 6.07) is 7.96. The van der Waals surface area contributed by atoms with E-state index in [-0.39, 0.29) is 12.0 Å². The number of hydrogen-bond acceptors (Lipinski definition) is 2. The van der Waals surface area contributed by atoms with Gasteiger partial charge >= 0.3 is 5.97 Å². The van der Waals surface area contributed by atoms with E-state index in [9.17, 15) is 4.79 Å². The zero-order valence-corrected chi connectivity index (χ0v) is 8.31. The Bertz CT molecular complexity index is 416. The van der Waals surface area contributed by atoms with Crippen LogP contribution in [0.4, 0.5) is 0 Å². The van der Waals surface area contributed by atoms with Crippen LogP contribution in [0.5, 0.6) is 0 Å². The quantitative estimate of drug-likeness (QED) is 0.716. The molecule has 0 radical (unpaired) electrons. The standard InChI is InChI=1S/C12H13NO2/c14-12(15)11-9-5-7-3-1-2-4-8(7)10(9)6-13-11/h1-4,9-11,13H,5-6H2,(H,14,15). The van der Waals surface area contributed by atoms with Gasteiger partial charge in [-0.15, -0.1) is 0 Å². The molecule has 78 valence electrons. The molecule has 1 aliphatic carbocycles. The third-order valence-electron chi connectivity index (χ3n) is 3.68. The summed E-state index contributed by atoms with van der Waals surface area (Å²) in [6.07, 6.45) is 0.908. The highest BCUT2D eigenvalue weighted by Gasteiger charge is 2.45. The first-order valence-electron chi connectivity index (χ1n) is 5.31. The first-order chi connectivity index (χ1) is 7.27. The van der Waals surface area contributed by atoms with Crippen molar-refractivity contribution in [3.05, 3.63) is 35.4 Å². The molecule has 0 saturated carbocycles. The molecular weight excluding hydrogens is 190 g/mol. The van der Waals surface area contributed by atoms with E-state index in [1.54, 1.807) is 0 Å². The van der Waals surface area contributed by atoms with Crippen molar-refractivity contribution in [3.63, 3.8) is 0 Å². The fraction of sp³-hybridized carbons (Fsp3) is 0.417. The summed E-state index contributed by atoms with van der Waals surface area (Å²) >= 11 is 0. The van der Waals surface area contributed by atoms with E-state index in [2.05, 4.69) is 17.4 Å². The third-order valence-corrected chi connectivity index (χ3v) is 3.68. The number of nitrogens with one attached hydrogen (secondary N) is 1. The van der Waals surface area contributed by atoms with Crippen LogP contribution in [0.15, 0.2) is 24.3 Å². The van der Waals surface area contributed by atoms with Crippen molar-refractivity contribution in [1.82, 2.24) is 5.32 Å². The maximum atomic E-state index is 11.0. The molecule has 3 atom stereocenters. The van der Waals surface area contributed by atoms with Gasteiger partial charge in [-0.25, -0.2) is 0 Å². The Balaban J connectivity index is 1.97. The van der Waals surface area contributed by atoms with E-state index in [0.29, 0.717) is 5.92 Å². The van der Waals surface area contributed by atoms with Crippen molar-refractivity contribution in [3.8, 4) is 0 Å². The van der Waals surface area contributed by atoms with Gasteiger partial charge in [-0.05, 0) is 23.5 Å². The van der Waals surface area contributed by atoms with E-state index >= 15 is 0 Å². The van der Waals surface area contributed by atoms with E-state index in [1.165, 1.54) is 11.1 Å². The second kappa shape index (κ2) is 3.07. The lowest BCUT2D eigenvalue weighted by molar-refractivity contribution is -0.140. The SMILES string of the molecule is O=C(O)C1NCC2c3ccccc3CC12. The van der Waals surface area contributed by atoms with Crippen molar-refractivity contribution in [2.24, 2.45) is 5.92 Å². The van der Waals surface area contributed by atoms with Crippen LogP contribution in [0.25, 0.3) is 0 Å². The summed E-state index contributed by atoms with van der Waals surface area (Å²) in [5, 5.41) is 12.2. The van der Waals surface area contributed by atoms with Gasteiger partial charge in [0.1, 0.15) is 6.04 Å². The number of benzene rings is 1. The summed E-state index contributed by atoms with van der Waals surface area (Å²) in [5.41, 5.74) is 2.68. The van der Waals surface area contributed by atoms with Crippen molar-refractivity contribution in [2.45, 2.75) is 18.4 Å². The second-order valence-electron chi connectivity index (χ2n) is 4.40. The molecule has 1 aliphatic heterocycles. The molecule has 3 unspecified atom stereocenters. The number of fused-ring (bicyclic) bond motifs is 3. The molecule has 1 aromatic carbocycles. The largest absolute Gasteiger partial charge is 0.480 e. The summed E-state index contributed by atoms with van der Waals surface area (Å²) in [7, 11) is 0. The summed E-state index contributed by atoms with van der Waals surface area (Å²) in [4.78, 5) is 11.0. The Morgan fingerprint density at radius 1 is 1.40 bits per heavy atom. The minimum Gasteiger partial charge on any atom is -0.480 e. The van der Waals surface area contributed by atoms with E-state index in [4.69, 9.17) is 5.11 Å². The van der Waals surface area contributed by atoms with Crippen LogP contribution in [-0.2, 0) is 11.2 Å². The van der Waals surface area contributed by atoms with Crippen molar-refractivity contribution in [2.75, 3.05) is 6.54 Å². The van der Waals surface area contributed by atoms with Crippen LogP contribution in [0.2, 0.25) is 0 Å². The molecule has 0 bridgehead atoms. The Morgan fingerprint density at radius 2 is 2.20 bits per heavy atom. The molecule has 1 heterocycles. The summed E-state index contributed by atoms with van der Waals surface area (Å²) in [5.74, 6) is -0.0579. The molecule has 15 heavy (non-hydrogen) atoms. The van der Waals surface area contributed by atoms with Gasteiger partial charge < -0.3 is 10.4 Å². The van der Waals surface area contributed by atoms with Gasteiger partial charge in [0.25, 0.3) is 0 Å². The monoisotopic (exact) mass is 203 g/mol.